The number of nitrogens with zero attached hydrogens (tertiary/aromatic N) is 2. The van der Waals surface area contributed by atoms with Crippen LogP contribution in [0.4, 0.5) is 18.9 Å². The number of aliphatic hydroxyl groups excluding tert-OH is 1. The number of alkyl halides is 3. The number of amides is 1. The molecule has 0 spiro atoms. The number of halogens is 3. The van der Waals surface area contributed by atoms with Crippen molar-refractivity contribution in [1.29, 1.82) is 0 Å². The number of methoxy groups -OCH3 is 1. The van der Waals surface area contributed by atoms with E-state index in [1.165, 1.54) is 16.9 Å². The molecule has 0 bridgehead atoms. The Balaban J connectivity index is 2.15. The number of benzene rings is 1. The maximum atomic E-state index is 12.7. The van der Waals surface area contributed by atoms with Gasteiger partial charge in [0.05, 0.1) is 18.8 Å². The molecule has 0 radical (unpaired) electrons. The van der Waals surface area contributed by atoms with Crippen molar-refractivity contribution in [3.05, 3.63) is 24.3 Å². The second kappa shape index (κ2) is 7.40. The van der Waals surface area contributed by atoms with Crippen LogP contribution in [0.15, 0.2) is 24.3 Å². The summed E-state index contributed by atoms with van der Waals surface area (Å²) in [6.45, 7) is 1.68. The summed E-state index contributed by atoms with van der Waals surface area (Å²) >= 11 is 0. The van der Waals surface area contributed by atoms with Crippen LogP contribution in [0.25, 0.3) is 0 Å². The van der Waals surface area contributed by atoms with E-state index in [1.54, 1.807) is 31.2 Å². The highest BCUT2D eigenvalue weighted by molar-refractivity contribution is 6.00. The number of hydrogen-bond acceptors (Lipinski definition) is 4. The third-order valence-corrected chi connectivity index (χ3v) is 4.19. The molecule has 24 heavy (non-hydrogen) atoms. The maximum Gasteiger partial charge on any atom is 0.415 e. The summed E-state index contributed by atoms with van der Waals surface area (Å²) in [5.74, 6) is 0.251. The zero-order valence-electron chi connectivity index (χ0n) is 13.6. The Labute approximate surface area is 138 Å². The van der Waals surface area contributed by atoms with E-state index in [0.717, 1.165) is 0 Å². The summed E-state index contributed by atoms with van der Waals surface area (Å²) in [5, 5.41) is 9.29. The Hall–Kier alpha value is -1.80. The van der Waals surface area contributed by atoms with Gasteiger partial charge < -0.3 is 14.7 Å². The summed E-state index contributed by atoms with van der Waals surface area (Å²) in [6.07, 6.45) is -6.77. The minimum absolute atomic E-state index is 0.239. The van der Waals surface area contributed by atoms with Gasteiger partial charge in [0.25, 0.3) is 0 Å². The first-order valence-corrected chi connectivity index (χ1v) is 7.72. The van der Waals surface area contributed by atoms with Crippen molar-refractivity contribution in [3.8, 4) is 5.75 Å². The van der Waals surface area contributed by atoms with Crippen molar-refractivity contribution < 1.29 is 27.8 Å². The lowest BCUT2D eigenvalue weighted by atomic mass is 10.2. The number of aliphatic hydroxyl groups is 1. The van der Waals surface area contributed by atoms with E-state index >= 15 is 0 Å². The fourth-order valence-electron chi connectivity index (χ4n) is 2.90. The summed E-state index contributed by atoms with van der Waals surface area (Å²) in [5.41, 5.74) is 0.597. The normalized spacial score (nSPS) is 19.9. The molecule has 1 amide bonds. The topological polar surface area (TPSA) is 53.0 Å². The Morgan fingerprint density at radius 2 is 2.08 bits per heavy atom. The van der Waals surface area contributed by atoms with E-state index < -0.39 is 24.9 Å². The van der Waals surface area contributed by atoms with Gasteiger partial charge in [0.2, 0.25) is 5.91 Å². The van der Waals surface area contributed by atoms with Crippen LogP contribution in [0.5, 0.6) is 5.75 Å². The van der Waals surface area contributed by atoms with E-state index in [1.807, 2.05) is 0 Å². The largest absolute Gasteiger partial charge is 0.495 e. The predicted octanol–water partition coefficient (Wildman–Crippen LogP) is 2.05. The monoisotopic (exact) mass is 346 g/mol. The highest BCUT2D eigenvalue weighted by Crippen LogP contribution is 2.32. The zero-order chi connectivity index (χ0) is 17.9. The van der Waals surface area contributed by atoms with Crippen molar-refractivity contribution in [3.63, 3.8) is 0 Å². The first kappa shape index (κ1) is 18.5. The van der Waals surface area contributed by atoms with Crippen LogP contribution in [0.3, 0.4) is 0 Å². The molecule has 1 aliphatic heterocycles. The Morgan fingerprint density at radius 1 is 1.42 bits per heavy atom. The van der Waals surface area contributed by atoms with Gasteiger partial charge in [0.15, 0.2) is 6.10 Å². The molecular weight excluding hydrogens is 325 g/mol. The van der Waals surface area contributed by atoms with Crippen LogP contribution in [0.2, 0.25) is 0 Å². The van der Waals surface area contributed by atoms with E-state index in [0.29, 0.717) is 24.4 Å². The highest BCUT2D eigenvalue weighted by atomic mass is 19.4. The van der Waals surface area contributed by atoms with E-state index in [9.17, 15) is 23.1 Å². The van der Waals surface area contributed by atoms with Crippen molar-refractivity contribution in [2.75, 3.05) is 31.6 Å². The molecule has 1 aromatic rings. The van der Waals surface area contributed by atoms with Gasteiger partial charge in [-0.2, -0.15) is 13.2 Å². The second-order valence-electron chi connectivity index (χ2n) is 5.61. The van der Waals surface area contributed by atoms with Crippen LogP contribution in [-0.2, 0) is 4.79 Å². The van der Waals surface area contributed by atoms with Crippen molar-refractivity contribution in [2.45, 2.75) is 31.7 Å². The molecule has 134 valence electrons. The second-order valence-corrected chi connectivity index (χ2v) is 5.61. The summed E-state index contributed by atoms with van der Waals surface area (Å²) in [4.78, 5) is 15.6. The van der Waals surface area contributed by atoms with Crippen LogP contribution >= 0.6 is 0 Å². The molecule has 1 aliphatic rings. The van der Waals surface area contributed by atoms with Gasteiger partial charge in [-0.1, -0.05) is 19.1 Å². The summed E-state index contributed by atoms with van der Waals surface area (Å²) in [6, 6.07) is 6.32. The molecule has 1 fully saturated rings. The Bertz CT molecular complexity index is 580. The number of anilines is 1. The standard InChI is InChI=1S/C16H21F3N2O3/c1-3-20(10-14(22)16(17,18)19)12-8-9-21(15(12)23)11-6-4-5-7-13(11)24-2/h4-7,12,14,22H,3,8-10H2,1-2H3. The average Bonchev–Trinajstić information content (AvgIpc) is 2.92. The number of para-hydroxylation sites is 2. The molecule has 2 atom stereocenters. The Kier molecular flexibility index (Phi) is 5.71. The fourth-order valence-corrected chi connectivity index (χ4v) is 2.90. The van der Waals surface area contributed by atoms with E-state index in [4.69, 9.17) is 4.74 Å². The van der Waals surface area contributed by atoms with E-state index in [-0.39, 0.29) is 12.5 Å². The van der Waals surface area contributed by atoms with Crippen LogP contribution in [0.1, 0.15) is 13.3 Å². The van der Waals surface area contributed by atoms with Crippen LogP contribution in [-0.4, -0.2) is 61.0 Å². The summed E-state index contributed by atoms with van der Waals surface area (Å²) in [7, 11) is 1.49. The lowest BCUT2D eigenvalue weighted by Gasteiger charge is -2.29. The average molecular weight is 346 g/mol. The molecule has 1 N–H and O–H groups in total. The lowest BCUT2D eigenvalue weighted by molar-refractivity contribution is -0.209. The molecule has 1 heterocycles. The van der Waals surface area contributed by atoms with Gasteiger partial charge in [0, 0.05) is 13.1 Å². The first-order valence-electron chi connectivity index (χ1n) is 7.72. The Morgan fingerprint density at radius 3 is 2.67 bits per heavy atom. The smallest absolute Gasteiger partial charge is 0.415 e. The third-order valence-electron chi connectivity index (χ3n) is 4.19. The molecule has 8 heteroatoms. The van der Waals surface area contributed by atoms with Crippen molar-refractivity contribution in [1.82, 2.24) is 4.90 Å². The maximum absolute atomic E-state index is 12.7. The predicted molar refractivity (Wildman–Crippen MR) is 83.1 cm³/mol. The SMILES string of the molecule is CCN(CC(O)C(F)(F)F)C1CCN(c2ccccc2OC)C1=O. The molecule has 5 nitrogen and oxygen atoms in total. The lowest BCUT2D eigenvalue weighted by Crippen LogP contribution is -2.48. The molecule has 0 aliphatic carbocycles. The van der Waals surface area contributed by atoms with Gasteiger partial charge in [-0.25, -0.2) is 0 Å². The van der Waals surface area contributed by atoms with Gasteiger partial charge in [-0.05, 0) is 25.1 Å². The molecule has 2 rings (SSSR count). The van der Waals surface area contributed by atoms with Gasteiger partial charge in [-0.3, -0.25) is 9.69 Å². The van der Waals surface area contributed by atoms with E-state index in [2.05, 4.69) is 0 Å². The number of carbonyl (C=O) groups excluding carboxylic acids is 1. The van der Waals surface area contributed by atoms with Gasteiger partial charge in [-0.15, -0.1) is 0 Å². The molecule has 1 aromatic carbocycles. The molecule has 0 saturated carbocycles. The van der Waals surface area contributed by atoms with Crippen molar-refractivity contribution in [2.24, 2.45) is 0 Å². The van der Waals surface area contributed by atoms with Crippen LogP contribution in [0, 0.1) is 0 Å². The fraction of sp³-hybridized carbons (Fsp3) is 0.562. The summed E-state index contributed by atoms with van der Waals surface area (Å²) < 4.78 is 43.0. The third kappa shape index (κ3) is 3.81. The number of carbonyl (C=O) groups is 1. The number of hydrogen-bond donors (Lipinski definition) is 1. The molecule has 2 unspecified atom stereocenters. The quantitative estimate of drug-likeness (QED) is 0.857. The zero-order valence-corrected chi connectivity index (χ0v) is 13.6. The van der Waals surface area contributed by atoms with Gasteiger partial charge in [0.1, 0.15) is 5.75 Å². The minimum Gasteiger partial charge on any atom is -0.495 e. The highest BCUT2D eigenvalue weighted by Gasteiger charge is 2.43. The first-order chi connectivity index (χ1) is 11.3. The van der Waals surface area contributed by atoms with Gasteiger partial charge >= 0.3 is 6.18 Å². The number of ether oxygens (including phenoxy) is 1. The molecule has 0 aromatic heterocycles. The van der Waals surface area contributed by atoms with Crippen molar-refractivity contribution >= 4 is 11.6 Å². The molecular formula is C16H21F3N2O3. The van der Waals surface area contributed by atoms with Crippen LogP contribution < -0.4 is 9.64 Å². The number of rotatable bonds is 6. The minimum atomic E-state index is -4.70. The molecule has 1 saturated heterocycles. The number of likely N-dealkylation sites (N-methyl/N-ethyl adjacent to an activating group) is 1.